The lowest BCUT2D eigenvalue weighted by molar-refractivity contribution is -1.02. The van der Waals surface area contributed by atoms with E-state index < -0.39 is 0 Å². The fourth-order valence-corrected chi connectivity index (χ4v) is 3.56. The predicted molar refractivity (Wildman–Crippen MR) is 107 cm³/mol. The number of halogens is 1. The zero-order chi connectivity index (χ0) is 21.0. The average molecular weight is 407 g/mol. The van der Waals surface area contributed by atoms with Crippen LogP contribution >= 0.6 is 0 Å². The summed E-state index contributed by atoms with van der Waals surface area (Å²) in [6, 6.07) is 6.41. The molecular weight excluding hydrogens is 375 g/mol. The van der Waals surface area contributed by atoms with Gasteiger partial charge in [-0.1, -0.05) is 25.9 Å². The van der Waals surface area contributed by atoms with Gasteiger partial charge in [0.05, 0.1) is 18.4 Å². The molecular formula is C21H31FN4O3+2. The van der Waals surface area contributed by atoms with Crippen LogP contribution in [0.3, 0.4) is 0 Å². The molecule has 8 heteroatoms. The molecule has 1 amide bonds. The number of hydrogen-bond acceptors (Lipinski definition) is 4. The minimum Gasteiger partial charge on any atom is -0.496 e. The Morgan fingerprint density at radius 3 is 2.52 bits per heavy atom. The first kappa shape index (κ1) is 21.3. The fraction of sp³-hybridized carbons (Fsp3) is 0.524. The highest BCUT2D eigenvalue weighted by Gasteiger charge is 2.26. The predicted octanol–water partition coefficient (Wildman–Crippen LogP) is 0.0419. The number of ether oxygens (including phenoxy) is 1. The van der Waals surface area contributed by atoms with Gasteiger partial charge in [0.1, 0.15) is 44.3 Å². The number of nitrogens with one attached hydrogen (secondary N) is 3. The van der Waals surface area contributed by atoms with Gasteiger partial charge in [-0.2, -0.15) is 0 Å². The van der Waals surface area contributed by atoms with Gasteiger partial charge in [-0.25, -0.2) is 4.39 Å². The maximum absolute atomic E-state index is 13.6. The Balaban J connectivity index is 1.47. The number of carbonyl (C=O) groups excluding carboxylic acids is 1. The summed E-state index contributed by atoms with van der Waals surface area (Å²) in [6.45, 7) is 10.8. The number of benzene rings is 1. The highest BCUT2D eigenvalue weighted by atomic mass is 19.1. The van der Waals surface area contributed by atoms with Crippen LogP contribution in [0.1, 0.15) is 32.0 Å². The first-order valence-electron chi connectivity index (χ1n) is 10.0. The third-order valence-electron chi connectivity index (χ3n) is 5.30. The van der Waals surface area contributed by atoms with E-state index in [1.807, 2.05) is 20.8 Å². The van der Waals surface area contributed by atoms with Crippen LogP contribution in [0.2, 0.25) is 0 Å². The monoisotopic (exact) mass is 406 g/mol. The number of carbonyl (C=O) groups is 1. The number of quaternary nitrogens is 2. The van der Waals surface area contributed by atoms with Crippen molar-refractivity contribution >= 4 is 11.8 Å². The molecule has 1 fully saturated rings. The number of piperazine rings is 1. The van der Waals surface area contributed by atoms with Crippen molar-refractivity contribution in [3.63, 3.8) is 0 Å². The van der Waals surface area contributed by atoms with E-state index in [4.69, 9.17) is 9.26 Å². The largest absolute Gasteiger partial charge is 0.496 e. The van der Waals surface area contributed by atoms with Crippen LogP contribution in [0.4, 0.5) is 10.3 Å². The Morgan fingerprint density at radius 2 is 1.90 bits per heavy atom. The van der Waals surface area contributed by atoms with Gasteiger partial charge in [0.15, 0.2) is 6.54 Å². The molecule has 2 aromatic rings. The average Bonchev–Trinajstić information content (AvgIpc) is 3.12. The van der Waals surface area contributed by atoms with E-state index in [9.17, 15) is 9.18 Å². The van der Waals surface area contributed by atoms with Crippen LogP contribution in [0.15, 0.2) is 28.8 Å². The molecule has 3 N–H and O–H groups in total. The standard InChI is InChI=1S/C21H29FN4O3/c1-21(2,3)18-12-20(29-24-18)23-19(27)14-26-9-7-25(8-10-26)13-15-11-16(22)5-6-17(15)28-4/h5-6,11-12H,7-10,13-14H2,1-4H3,(H,23,27)/p+2. The second-order valence-corrected chi connectivity index (χ2v) is 8.68. The molecule has 2 heterocycles. The van der Waals surface area contributed by atoms with Crippen molar-refractivity contribution in [1.29, 1.82) is 0 Å². The van der Waals surface area contributed by atoms with Gasteiger partial charge in [-0.15, -0.1) is 0 Å². The molecule has 0 unspecified atom stereocenters. The first-order chi connectivity index (χ1) is 13.7. The van der Waals surface area contributed by atoms with Crippen molar-refractivity contribution in [2.24, 2.45) is 0 Å². The van der Waals surface area contributed by atoms with E-state index in [-0.39, 0.29) is 17.1 Å². The Labute approximate surface area is 170 Å². The summed E-state index contributed by atoms with van der Waals surface area (Å²) in [5.41, 5.74) is 1.56. The maximum atomic E-state index is 13.6. The van der Waals surface area contributed by atoms with Crippen LogP contribution in [0.5, 0.6) is 5.75 Å². The Hall–Kier alpha value is -2.45. The minimum atomic E-state index is -0.247. The van der Waals surface area contributed by atoms with E-state index in [0.29, 0.717) is 19.0 Å². The number of rotatable bonds is 6. The summed E-state index contributed by atoms with van der Waals surface area (Å²) in [5.74, 6) is 0.784. The molecule has 0 saturated carbocycles. The highest BCUT2D eigenvalue weighted by molar-refractivity contribution is 5.90. The van der Waals surface area contributed by atoms with Gasteiger partial charge in [-0.3, -0.25) is 10.1 Å². The summed E-state index contributed by atoms with van der Waals surface area (Å²) in [4.78, 5) is 14.9. The quantitative estimate of drug-likeness (QED) is 0.634. The summed E-state index contributed by atoms with van der Waals surface area (Å²) >= 11 is 0. The Bertz CT molecular complexity index is 839. The molecule has 1 aromatic heterocycles. The van der Waals surface area contributed by atoms with Crippen LogP contribution in [-0.4, -0.2) is 50.9 Å². The summed E-state index contributed by atoms with van der Waals surface area (Å²) in [6.07, 6.45) is 0. The van der Waals surface area contributed by atoms with E-state index in [0.717, 1.165) is 43.2 Å². The molecule has 3 rings (SSSR count). The van der Waals surface area contributed by atoms with Gasteiger partial charge in [0.2, 0.25) is 5.88 Å². The fourth-order valence-electron chi connectivity index (χ4n) is 3.56. The maximum Gasteiger partial charge on any atom is 0.281 e. The SMILES string of the molecule is COc1ccc(F)cc1C[NH+]1CC[NH+](CC(=O)Nc2cc(C(C)(C)C)no2)CC1. The van der Waals surface area contributed by atoms with Crippen molar-refractivity contribution in [1.82, 2.24) is 5.16 Å². The molecule has 1 aliphatic rings. The zero-order valence-electron chi connectivity index (χ0n) is 17.6. The normalized spacial score (nSPS) is 19.8. The third-order valence-corrected chi connectivity index (χ3v) is 5.30. The Morgan fingerprint density at radius 1 is 1.21 bits per heavy atom. The molecule has 0 spiro atoms. The first-order valence-corrected chi connectivity index (χ1v) is 10.0. The number of anilines is 1. The van der Waals surface area contributed by atoms with E-state index in [2.05, 4.69) is 10.5 Å². The van der Waals surface area contributed by atoms with Crippen LogP contribution in [0.25, 0.3) is 0 Å². The molecule has 0 aliphatic carbocycles. The summed E-state index contributed by atoms with van der Waals surface area (Å²) in [5, 5.41) is 6.82. The lowest BCUT2D eigenvalue weighted by atomic mass is 9.92. The van der Waals surface area contributed by atoms with Gasteiger partial charge < -0.3 is 19.1 Å². The van der Waals surface area contributed by atoms with Crippen LogP contribution in [0, 0.1) is 5.82 Å². The lowest BCUT2D eigenvalue weighted by Gasteiger charge is -2.29. The number of hydrogen-bond donors (Lipinski definition) is 3. The molecule has 0 bridgehead atoms. The number of aromatic nitrogens is 1. The topological polar surface area (TPSA) is 73.2 Å². The lowest BCUT2D eigenvalue weighted by Crippen LogP contribution is -3.28. The molecule has 1 aromatic carbocycles. The van der Waals surface area contributed by atoms with Gasteiger partial charge in [0, 0.05) is 11.5 Å². The van der Waals surface area contributed by atoms with E-state index in [1.54, 1.807) is 25.3 Å². The Kier molecular flexibility index (Phi) is 6.54. The molecule has 1 saturated heterocycles. The molecule has 0 atom stereocenters. The number of amides is 1. The smallest absolute Gasteiger partial charge is 0.281 e. The van der Waals surface area contributed by atoms with Crippen molar-refractivity contribution < 1.29 is 28.2 Å². The molecule has 1 aliphatic heterocycles. The van der Waals surface area contributed by atoms with Crippen molar-refractivity contribution in [3.05, 3.63) is 41.3 Å². The van der Waals surface area contributed by atoms with Gasteiger partial charge >= 0.3 is 0 Å². The summed E-state index contributed by atoms with van der Waals surface area (Å²) < 4.78 is 24.1. The van der Waals surface area contributed by atoms with Crippen molar-refractivity contribution in [2.45, 2.75) is 32.7 Å². The van der Waals surface area contributed by atoms with Gasteiger partial charge in [0.25, 0.3) is 5.91 Å². The molecule has 29 heavy (non-hydrogen) atoms. The second-order valence-electron chi connectivity index (χ2n) is 8.68. The summed E-state index contributed by atoms with van der Waals surface area (Å²) in [7, 11) is 1.60. The van der Waals surface area contributed by atoms with E-state index >= 15 is 0 Å². The van der Waals surface area contributed by atoms with Crippen molar-refractivity contribution in [2.75, 3.05) is 45.2 Å². The van der Waals surface area contributed by atoms with Crippen molar-refractivity contribution in [3.8, 4) is 5.75 Å². The molecule has 158 valence electrons. The van der Waals surface area contributed by atoms with E-state index in [1.165, 1.54) is 15.9 Å². The molecule has 7 nitrogen and oxygen atoms in total. The zero-order valence-corrected chi connectivity index (χ0v) is 17.6. The third kappa shape index (κ3) is 5.77. The van der Waals surface area contributed by atoms with Gasteiger partial charge in [-0.05, 0) is 18.2 Å². The van der Waals surface area contributed by atoms with Crippen LogP contribution < -0.4 is 19.9 Å². The molecule has 0 radical (unpaired) electrons. The highest BCUT2D eigenvalue weighted by Crippen LogP contribution is 2.23. The minimum absolute atomic E-state index is 0.0770. The second kappa shape index (κ2) is 8.92. The van der Waals surface area contributed by atoms with Crippen LogP contribution in [-0.2, 0) is 16.8 Å². The number of methoxy groups -OCH3 is 1. The number of nitrogens with zero attached hydrogens (tertiary/aromatic N) is 1.